The first-order valence-electron chi connectivity index (χ1n) is 9.45. The highest BCUT2D eigenvalue weighted by Gasteiger charge is 2.31. The summed E-state index contributed by atoms with van der Waals surface area (Å²) in [6.07, 6.45) is -0.512. The highest BCUT2D eigenvalue weighted by molar-refractivity contribution is 7.19. The van der Waals surface area contributed by atoms with E-state index in [4.69, 9.17) is 16.1 Å². The molecule has 1 aliphatic rings. The number of carbonyl (C=O) groups excluding carboxylic acids is 1. The summed E-state index contributed by atoms with van der Waals surface area (Å²) in [4.78, 5) is 27.1. The summed E-state index contributed by atoms with van der Waals surface area (Å²) < 4.78 is 7.64. The first-order chi connectivity index (χ1) is 14.9. The first-order valence-corrected chi connectivity index (χ1v) is 10.6. The molecular formula is C21H16ClN3O5S. The average Bonchev–Trinajstić information content (AvgIpc) is 3.44. The Morgan fingerprint density at radius 2 is 2.03 bits per heavy atom. The number of aromatic nitrogens is 2. The normalized spacial score (nSPS) is 14.2. The second-order valence-electron chi connectivity index (χ2n) is 7.31. The zero-order valence-corrected chi connectivity index (χ0v) is 17.6. The van der Waals surface area contributed by atoms with Crippen molar-refractivity contribution >= 4 is 45.7 Å². The minimum atomic E-state index is -1.11. The van der Waals surface area contributed by atoms with Crippen molar-refractivity contribution in [2.45, 2.75) is 12.6 Å². The summed E-state index contributed by atoms with van der Waals surface area (Å²) in [7, 11) is 0. The molecule has 0 aliphatic carbocycles. The lowest BCUT2D eigenvalue weighted by molar-refractivity contribution is 0.00603. The molecule has 8 nitrogen and oxygen atoms in total. The molecule has 0 unspecified atom stereocenters. The molecule has 0 bridgehead atoms. The summed E-state index contributed by atoms with van der Waals surface area (Å²) in [5.41, 5.74) is 1.59. The van der Waals surface area contributed by atoms with Gasteiger partial charge in [0.1, 0.15) is 11.4 Å². The van der Waals surface area contributed by atoms with Gasteiger partial charge in [-0.2, -0.15) is 0 Å². The van der Waals surface area contributed by atoms with Crippen LogP contribution in [0.1, 0.15) is 26.5 Å². The van der Waals surface area contributed by atoms with Crippen molar-refractivity contribution in [2.24, 2.45) is 0 Å². The molecule has 1 saturated heterocycles. The molecular weight excluding hydrogens is 442 g/mol. The van der Waals surface area contributed by atoms with Gasteiger partial charge in [-0.05, 0) is 30.3 Å². The number of nitrogens with zero attached hydrogens (tertiary/aromatic N) is 3. The molecule has 2 N–H and O–H groups in total. The number of β-amino-alcohol motifs (C(OH)–C–C–N with tert-alkyl or cyclic N) is 1. The SMILES string of the molecule is O=C(O)c1cc2c(C(=O)N3CC(O)C3)cccc2n1Cc1cc(-c2ccc(Cl)s2)on1. The quantitative estimate of drug-likeness (QED) is 0.474. The molecule has 1 fully saturated rings. The van der Waals surface area contributed by atoms with Crippen LogP contribution in [-0.2, 0) is 6.54 Å². The standard InChI is InChI=1S/C21H16ClN3O5S/c22-19-5-4-18(31-19)17-6-11(23-30-17)8-25-15-3-1-2-13(14(15)7-16(25)21(28)29)20(27)24-9-12(26)10-24/h1-7,12,26H,8-10H2,(H,28,29). The average molecular weight is 458 g/mol. The number of hydrogen-bond donors (Lipinski definition) is 2. The Balaban J connectivity index is 1.53. The van der Waals surface area contributed by atoms with Gasteiger partial charge in [0.05, 0.1) is 21.9 Å². The van der Waals surface area contributed by atoms with Gasteiger partial charge in [-0.25, -0.2) is 4.79 Å². The lowest BCUT2D eigenvalue weighted by Crippen LogP contribution is -2.53. The number of halogens is 1. The minimum absolute atomic E-state index is 0.0441. The molecule has 10 heteroatoms. The first kappa shape index (κ1) is 19.8. The molecule has 31 heavy (non-hydrogen) atoms. The minimum Gasteiger partial charge on any atom is -0.477 e. The van der Waals surface area contributed by atoms with Gasteiger partial charge < -0.3 is 24.2 Å². The number of thiophene rings is 1. The maximum absolute atomic E-state index is 12.8. The Labute approximate surface area is 184 Å². The number of carboxylic acids is 1. The van der Waals surface area contributed by atoms with Crippen molar-refractivity contribution in [3.05, 3.63) is 63.8 Å². The highest BCUT2D eigenvalue weighted by atomic mass is 35.5. The third kappa shape index (κ3) is 3.50. The van der Waals surface area contributed by atoms with Crippen LogP contribution in [0.5, 0.6) is 0 Å². The van der Waals surface area contributed by atoms with Gasteiger partial charge in [0.2, 0.25) is 0 Å². The molecule has 1 amide bonds. The molecule has 1 aromatic carbocycles. The predicted octanol–water partition coefficient (Wildman–Crippen LogP) is 3.57. The molecule has 1 aliphatic heterocycles. The van der Waals surface area contributed by atoms with Gasteiger partial charge in [0.15, 0.2) is 5.76 Å². The van der Waals surface area contributed by atoms with Crippen LogP contribution in [0.4, 0.5) is 0 Å². The van der Waals surface area contributed by atoms with E-state index in [9.17, 15) is 19.8 Å². The molecule has 4 heterocycles. The predicted molar refractivity (Wildman–Crippen MR) is 115 cm³/mol. The van der Waals surface area contributed by atoms with E-state index in [1.807, 2.05) is 6.07 Å². The monoisotopic (exact) mass is 457 g/mol. The topological polar surface area (TPSA) is 109 Å². The van der Waals surface area contributed by atoms with Crippen molar-refractivity contribution in [1.82, 2.24) is 14.6 Å². The molecule has 0 spiro atoms. The lowest BCUT2D eigenvalue weighted by atomic mass is 10.1. The number of aliphatic hydroxyl groups is 1. The number of aliphatic hydroxyl groups excluding tert-OH is 1. The van der Waals surface area contributed by atoms with Gasteiger partial charge in [-0.1, -0.05) is 22.8 Å². The third-order valence-corrected chi connectivity index (χ3v) is 6.49. The van der Waals surface area contributed by atoms with Crippen molar-refractivity contribution in [2.75, 3.05) is 13.1 Å². The zero-order chi connectivity index (χ0) is 21.7. The van der Waals surface area contributed by atoms with E-state index in [1.54, 1.807) is 34.9 Å². The second kappa shape index (κ2) is 7.52. The number of benzene rings is 1. The summed E-state index contributed by atoms with van der Waals surface area (Å²) in [6, 6.07) is 12.0. The van der Waals surface area contributed by atoms with Crippen LogP contribution >= 0.6 is 22.9 Å². The van der Waals surface area contributed by atoms with Gasteiger partial charge in [0.25, 0.3) is 5.91 Å². The number of rotatable bonds is 5. The van der Waals surface area contributed by atoms with Gasteiger partial charge in [0, 0.05) is 35.6 Å². The Morgan fingerprint density at radius 3 is 2.71 bits per heavy atom. The molecule has 158 valence electrons. The van der Waals surface area contributed by atoms with E-state index in [0.29, 0.717) is 32.3 Å². The van der Waals surface area contributed by atoms with Gasteiger partial charge in [-0.15, -0.1) is 11.3 Å². The smallest absolute Gasteiger partial charge is 0.352 e. The summed E-state index contributed by atoms with van der Waals surface area (Å²) in [5, 5.41) is 23.9. The molecule has 3 aromatic heterocycles. The van der Waals surface area contributed by atoms with E-state index < -0.39 is 12.1 Å². The van der Waals surface area contributed by atoms with Crippen LogP contribution in [0, 0.1) is 0 Å². The number of likely N-dealkylation sites (tertiary alicyclic amines) is 1. The number of aromatic carboxylic acids is 1. The number of hydrogen-bond acceptors (Lipinski definition) is 6. The van der Waals surface area contributed by atoms with Crippen molar-refractivity contribution < 1.29 is 24.3 Å². The van der Waals surface area contributed by atoms with Crippen LogP contribution in [0.2, 0.25) is 4.34 Å². The maximum atomic E-state index is 12.8. The third-order valence-electron chi connectivity index (χ3n) is 5.24. The Bertz CT molecular complexity index is 1320. The van der Waals surface area contributed by atoms with Gasteiger partial charge >= 0.3 is 5.97 Å². The largest absolute Gasteiger partial charge is 0.477 e. The fourth-order valence-electron chi connectivity index (χ4n) is 3.72. The molecule has 0 radical (unpaired) electrons. The molecule has 0 saturated carbocycles. The van der Waals surface area contributed by atoms with E-state index >= 15 is 0 Å². The summed E-state index contributed by atoms with van der Waals surface area (Å²) in [6.45, 7) is 0.708. The fourth-order valence-corrected chi connectivity index (χ4v) is 4.71. The van der Waals surface area contributed by atoms with Crippen LogP contribution in [0.25, 0.3) is 21.5 Å². The summed E-state index contributed by atoms with van der Waals surface area (Å²) in [5.74, 6) is -0.793. The zero-order valence-electron chi connectivity index (χ0n) is 16.0. The fraction of sp³-hybridized carbons (Fsp3) is 0.190. The van der Waals surface area contributed by atoms with E-state index in [2.05, 4.69) is 5.16 Å². The number of carboxylic acid groups (broad SMARTS) is 1. The summed E-state index contributed by atoms with van der Waals surface area (Å²) >= 11 is 7.34. The van der Waals surface area contributed by atoms with Crippen molar-refractivity contribution in [3.8, 4) is 10.6 Å². The van der Waals surface area contributed by atoms with Crippen LogP contribution in [0.3, 0.4) is 0 Å². The lowest BCUT2D eigenvalue weighted by Gasteiger charge is -2.36. The number of fused-ring (bicyclic) bond motifs is 1. The van der Waals surface area contributed by atoms with E-state index in [0.717, 1.165) is 4.88 Å². The van der Waals surface area contributed by atoms with Crippen LogP contribution in [0.15, 0.2) is 47.0 Å². The van der Waals surface area contributed by atoms with Crippen LogP contribution < -0.4 is 0 Å². The second-order valence-corrected chi connectivity index (χ2v) is 9.02. The Morgan fingerprint density at radius 1 is 1.23 bits per heavy atom. The maximum Gasteiger partial charge on any atom is 0.352 e. The highest BCUT2D eigenvalue weighted by Crippen LogP contribution is 2.32. The van der Waals surface area contributed by atoms with Crippen molar-refractivity contribution in [1.29, 1.82) is 0 Å². The Hall–Kier alpha value is -3.14. The molecule has 4 aromatic rings. The van der Waals surface area contributed by atoms with E-state index in [-0.39, 0.29) is 31.2 Å². The molecule has 0 atom stereocenters. The molecule has 5 rings (SSSR count). The van der Waals surface area contributed by atoms with Crippen molar-refractivity contribution in [3.63, 3.8) is 0 Å². The van der Waals surface area contributed by atoms with E-state index in [1.165, 1.54) is 22.3 Å². The van der Waals surface area contributed by atoms with Crippen LogP contribution in [-0.4, -0.2) is 55.9 Å². The van der Waals surface area contributed by atoms with Gasteiger partial charge in [-0.3, -0.25) is 4.79 Å². The Kier molecular flexibility index (Phi) is 4.81. The number of amides is 1. The number of carbonyl (C=O) groups is 2.